The molecule has 0 radical (unpaired) electrons. The highest BCUT2D eigenvalue weighted by Gasteiger charge is 1.96. The van der Waals surface area contributed by atoms with E-state index in [0.29, 0.717) is 6.42 Å². The Kier molecular flexibility index (Phi) is 15.6. The molecule has 2 heteroatoms. The molecule has 0 aliphatic heterocycles. The van der Waals surface area contributed by atoms with Gasteiger partial charge < -0.3 is 10.1 Å². The van der Waals surface area contributed by atoms with Crippen LogP contribution in [0.5, 0.6) is 0 Å². The number of allylic oxidation sites excluding steroid dienone is 1. The van der Waals surface area contributed by atoms with Gasteiger partial charge in [-0.05, 0) is 19.8 Å². The summed E-state index contributed by atoms with van der Waals surface area (Å²) in [7, 11) is 0. The summed E-state index contributed by atoms with van der Waals surface area (Å²) in [6.45, 7) is 12.7. The van der Waals surface area contributed by atoms with E-state index in [0.717, 1.165) is 18.7 Å². The van der Waals surface area contributed by atoms with Crippen LogP contribution in [-0.4, -0.2) is 12.3 Å². The van der Waals surface area contributed by atoms with E-state index in [1.807, 2.05) is 13.8 Å². The number of hydrogen-bond donors (Lipinski definition) is 1. The summed E-state index contributed by atoms with van der Waals surface area (Å²) in [5, 5.41) is 3.25. The van der Waals surface area contributed by atoms with Crippen molar-refractivity contribution in [3.05, 3.63) is 12.3 Å². The molecule has 0 saturated heterocycles. The number of carbonyl (C=O) groups excluding carboxylic acids is 1. The van der Waals surface area contributed by atoms with Crippen molar-refractivity contribution in [3.8, 4) is 0 Å². The molecule has 0 spiro atoms. The van der Waals surface area contributed by atoms with Crippen LogP contribution in [0.1, 0.15) is 66.2 Å². The summed E-state index contributed by atoms with van der Waals surface area (Å²) >= 11 is 0. The van der Waals surface area contributed by atoms with E-state index in [-0.39, 0.29) is 5.78 Å². The standard InChI is InChI=1S/C12H23NO.C2H6/c1-4-5-6-7-10-13-11(2)8-9-12(3)14;1-2/h13H,2,4-10H2,1,3H3;1-2H3. The van der Waals surface area contributed by atoms with Crippen LogP contribution < -0.4 is 5.32 Å². The summed E-state index contributed by atoms with van der Waals surface area (Å²) < 4.78 is 0. The Balaban J connectivity index is 0. The van der Waals surface area contributed by atoms with Crippen molar-refractivity contribution in [1.82, 2.24) is 5.32 Å². The van der Waals surface area contributed by atoms with Gasteiger partial charge in [0.15, 0.2) is 0 Å². The second-order valence-electron chi connectivity index (χ2n) is 3.79. The quantitative estimate of drug-likeness (QED) is 0.602. The second-order valence-corrected chi connectivity index (χ2v) is 3.79. The largest absolute Gasteiger partial charge is 0.389 e. The van der Waals surface area contributed by atoms with E-state index >= 15 is 0 Å². The molecule has 0 heterocycles. The van der Waals surface area contributed by atoms with Crippen molar-refractivity contribution in [3.63, 3.8) is 0 Å². The lowest BCUT2D eigenvalue weighted by atomic mass is 10.2. The molecule has 1 N–H and O–H groups in total. The van der Waals surface area contributed by atoms with Crippen LogP contribution in [-0.2, 0) is 4.79 Å². The Morgan fingerprint density at radius 3 is 2.25 bits per heavy atom. The first-order chi connectivity index (χ1) is 7.66. The lowest BCUT2D eigenvalue weighted by Gasteiger charge is -2.07. The topological polar surface area (TPSA) is 29.1 Å². The van der Waals surface area contributed by atoms with E-state index in [2.05, 4.69) is 18.8 Å². The van der Waals surface area contributed by atoms with Gasteiger partial charge >= 0.3 is 0 Å². The van der Waals surface area contributed by atoms with Crippen molar-refractivity contribution in [1.29, 1.82) is 0 Å². The molecule has 0 rings (SSSR count). The summed E-state index contributed by atoms with van der Waals surface area (Å²) in [6.07, 6.45) is 6.45. The molecule has 0 unspecified atom stereocenters. The number of unbranched alkanes of at least 4 members (excludes halogenated alkanes) is 3. The maximum absolute atomic E-state index is 10.7. The molecular formula is C14H29NO. The predicted octanol–water partition coefficient (Wildman–Crippen LogP) is 4.07. The Labute approximate surface area is 102 Å². The van der Waals surface area contributed by atoms with Gasteiger partial charge in [0.25, 0.3) is 0 Å². The van der Waals surface area contributed by atoms with Gasteiger partial charge in [-0.15, -0.1) is 0 Å². The van der Waals surface area contributed by atoms with Gasteiger partial charge in [0.05, 0.1) is 0 Å². The van der Waals surface area contributed by atoms with Gasteiger partial charge in [-0.2, -0.15) is 0 Å². The van der Waals surface area contributed by atoms with Crippen molar-refractivity contribution in [2.45, 2.75) is 66.2 Å². The fourth-order valence-electron chi connectivity index (χ4n) is 1.23. The first-order valence-electron chi connectivity index (χ1n) is 6.58. The Morgan fingerprint density at radius 1 is 1.12 bits per heavy atom. The van der Waals surface area contributed by atoms with Crippen molar-refractivity contribution in [2.24, 2.45) is 0 Å². The van der Waals surface area contributed by atoms with Crippen molar-refractivity contribution in [2.75, 3.05) is 6.54 Å². The SMILES string of the molecule is C=C(CCC(C)=O)NCCCCCC.CC. The third-order valence-electron chi connectivity index (χ3n) is 2.18. The van der Waals surface area contributed by atoms with E-state index in [4.69, 9.17) is 0 Å². The molecule has 0 aromatic heterocycles. The van der Waals surface area contributed by atoms with Gasteiger partial charge in [0.2, 0.25) is 0 Å². The maximum atomic E-state index is 10.7. The lowest BCUT2D eigenvalue weighted by Crippen LogP contribution is -2.14. The van der Waals surface area contributed by atoms with Crippen LogP contribution in [0.3, 0.4) is 0 Å². The molecule has 16 heavy (non-hydrogen) atoms. The van der Waals surface area contributed by atoms with Gasteiger partial charge in [-0.25, -0.2) is 0 Å². The summed E-state index contributed by atoms with van der Waals surface area (Å²) in [6, 6.07) is 0. The van der Waals surface area contributed by atoms with E-state index in [1.54, 1.807) is 6.92 Å². The van der Waals surface area contributed by atoms with Crippen LogP contribution in [0, 0.1) is 0 Å². The van der Waals surface area contributed by atoms with Crippen LogP contribution in [0.2, 0.25) is 0 Å². The molecule has 0 aliphatic rings. The minimum absolute atomic E-state index is 0.235. The Hall–Kier alpha value is -0.790. The number of Topliss-reactive ketones (excluding diaryl/α,β-unsaturated/α-hetero) is 1. The van der Waals surface area contributed by atoms with Gasteiger partial charge in [-0.1, -0.05) is 46.6 Å². The number of rotatable bonds is 9. The molecule has 2 nitrogen and oxygen atoms in total. The van der Waals surface area contributed by atoms with Crippen LogP contribution in [0.4, 0.5) is 0 Å². The number of hydrogen-bond acceptors (Lipinski definition) is 2. The van der Waals surface area contributed by atoms with E-state index in [1.165, 1.54) is 25.7 Å². The van der Waals surface area contributed by atoms with Crippen molar-refractivity contribution < 1.29 is 4.79 Å². The van der Waals surface area contributed by atoms with Gasteiger partial charge in [-0.3, -0.25) is 0 Å². The molecule has 96 valence electrons. The molecule has 0 amide bonds. The fraction of sp³-hybridized carbons (Fsp3) is 0.786. The summed E-state index contributed by atoms with van der Waals surface area (Å²) in [4.78, 5) is 10.7. The molecule has 0 aliphatic carbocycles. The highest BCUT2D eigenvalue weighted by atomic mass is 16.1. The van der Waals surface area contributed by atoms with Gasteiger partial charge in [0.1, 0.15) is 5.78 Å². The predicted molar refractivity (Wildman–Crippen MR) is 72.5 cm³/mol. The third kappa shape index (κ3) is 15.7. The number of carbonyl (C=O) groups is 1. The van der Waals surface area contributed by atoms with E-state index in [9.17, 15) is 4.79 Å². The van der Waals surface area contributed by atoms with E-state index < -0.39 is 0 Å². The van der Waals surface area contributed by atoms with Crippen LogP contribution in [0.15, 0.2) is 12.3 Å². The fourth-order valence-corrected chi connectivity index (χ4v) is 1.23. The summed E-state index contributed by atoms with van der Waals surface area (Å²) in [5.41, 5.74) is 0.997. The van der Waals surface area contributed by atoms with Gasteiger partial charge in [0, 0.05) is 18.7 Å². The average Bonchev–Trinajstić information content (AvgIpc) is 2.29. The normalized spacial score (nSPS) is 9.00. The highest BCUT2D eigenvalue weighted by molar-refractivity contribution is 5.75. The zero-order valence-electron chi connectivity index (χ0n) is 11.6. The van der Waals surface area contributed by atoms with Crippen LogP contribution >= 0.6 is 0 Å². The zero-order chi connectivity index (χ0) is 12.8. The highest BCUT2D eigenvalue weighted by Crippen LogP contribution is 2.01. The van der Waals surface area contributed by atoms with Crippen molar-refractivity contribution >= 4 is 5.78 Å². The molecular weight excluding hydrogens is 198 g/mol. The average molecular weight is 227 g/mol. The lowest BCUT2D eigenvalue weighted by molar-refractivity contribution is -0.116. The first-order valence-corrected chi connectivity index (χ1v) is 6.58. The first kappa shape index (κ1) is 17.6. The maximum Gasteiger partial charge on any atom is 0.130 e. The monoisotopic (exact) mass is 227 g/mol. The Morgan fingerprint density at radius 2 is 1.75 bits per heavy atom. The third-order valence-corrected chi connectivity index (χ3v) is 2.18. The molecule has 0 atom stereocenters. The molecule has 0 bridgehead atoms. The number of ketones is 1. The minimum Gasteiger partial charge on any atom is -0.389 e. The zero-order valence-corrected chi connectivity index (χ0v) is 11.6. The number of nitrogens with one attached hydrogen (secondary N) is 1. The smallest absolute Gasteiger partial charge is 0.130 e. The minimum atomic E-state index is 0.235. The molecule has 0 fully saturated rings. The molecule has 0 aromatic rings. The second kappa shape index (κ2) is 14.2. The van der Waals surface area contributed by atoms with Crippen LogP contribution in [0.25, 0.3) is 0 Å². The molecule has 0 saturated carbocycles. The summed E-state index contributed by atoms with van der Waals surface area (Å²) in [5.74, 6) is 0.235. The Bertz CT molecular complexity index is 176. The molecule has 0 aromatic carbocycles.